The van der Waals surface area contributed by atoms with Gasteiger partial charge in [-0.25, -0.2) is 13.2 Å². The highest BCUT2D eigenvalue weighted by Gasteiger charge is 2.49. The predicted octanol–water partition coefficient (Wildman–Crippen LogP) is 2.13. The number of imide groups is 1. The lowest BCUT2D eigenvalue weighted by Crippen LogP contribution is -2.42. The molecule has 1 heterocycles. The molecule has 182 valence electrons. The molecule has 2 N–H and O–H groups in total. The normalized spacial score (nSPS) is 18.2. The second kappa shape index (κ2) is 9.82. The molecule has 1 saturated heterocycles. The smallest absolute Gasteiger partial charge is 0.325 e. The van der Waals surface area contributed by atoms with Crippen molar-refractivity contribution in [1.82, 2.24) is 14.5 Å². The van der Waals surface area contributed by atoms with Crippen LogP contribution >= 0.6 is 0 Å². The van der Waals surface area contributed by atoms with Crippen molar-refractivity contribution in [2.75, 3.05) is 32.1 Å². The summed E-state index contributed by atoms with van der Waals surface area (Å²) in [4.78, 5) is 39.0. The molecule has 0 unspecified atom stereocenters. The van der Waals surface area contributed by atoms with Gasteiger partial charge in [-0.05, 0) is 48.9 Å². The first-order valence-electron chi connectivity index (χ1n) is 10.8. The minimum Gasteiger partial charge on any atom is -0.497 e. The Hall–Kier alpha value is -3.44. The second-order valence-electron chi connectivity index (χ2n) is 7.84. The maximum absolute atomic E-state index is 13.0. The third-order valence-corrected chi connectivity index (χ3v) is 7.79. The number of urea groups is 1. The molecule has 1 atom stereocenters. The van der Waals surface area contributed by atoms with Gasteiger partial charge in [0.25, 0.3) is 5.91 Å². The van der Waals surface area contributed by atoms with Crippen LogP contribution in [0.15, 0.2) is 53.4 Å². The molecule has 11 heteroatoms. The van der Waals surface area contributed by atoms with Gasteiger partial charge in [-0.1, -0.05) is 26.0 Å². The number of methoxy groups -OCH3 is 1. The number of carbonyl (C=O) groups is 3. The van der Waals surface area contributed by atoms with Gasteiger partial charge in [-0.15, -0.1) is 0 Å². The zero-order chi connectivity index (χ0) is 25.1. The van der Waals surface area contributed by atoms with E-state index in [1.807, 2.05) is 0 Å². The molecule has 10 nitrogen and oxygen atoms in total. The van der Waals surface area contributed by atoms with Gasteiger partial charge in [0.2, 0.25) is 15.9 Å². The fourth-order valence-electron chi connectivity index (χ4n) is 3.73. The van der Waals surface area contributed by atoms with Crippen molar-refractivity contribution in [3.63, 3.8) is 0 Å². The molecule has 1 aliphatic heterocycles. The average molecular weight is 489 g/mol. The fraction of sp³-hybridized carbons (Fsp3) is 0.348. The third-order valence-electron chi connectivity index (χ3n) is 5.73. The molecule has 0 radical (unpaired) electrons. The zero-order valence-electron chi connectivity index (χ0n) is 19.5. The van der Waals surface area contributed by atoms with Crippen molar-refractivity contribution in [3.05, 3.63) is 54.1 Å². The summed E-state index contributed by atoms with van der Waals surface area (Å²) in [5.74, 6) is -0.545. The lowest BCUT2D eigenvalue weighted by molar-refractivity contribution is -0.133. The Morgan fingerprint density at radius 1 is 1.06 bits per heavy atom. The number of nitrogens with one attached hydrogen (secondary N) is 2. The summed E-state index contributed by atoms with van der Waals surface area (Å²) >= 11 is 0. The van der Waals surface area contributed by atoms with Gasteiger partial charge in [0.05, 0.1) is 12.0 Å². The first-order chi connectivity index (χ1) is 16.1. The van der Waals surface area contributed by atoms with Gasteiger partial charge < -0.3 is 15.4 Å². The van der Waals surface area contributed by atoms with Crippen LogP contribution in [0.3, 0.4) is 0 Å². The molecule has 0 aromatic heterocycles. The van der Waals surface area contributed by atoms with Crippen molar-refractivity contribution in [3.8, 4) is 5.75 Å². The second-order valence-corrected chi connectivity index (χ2v) is 9.77. The van der Waals surface area contributed by atoms with E-state index in [-0.39, 0.29) is 4.90 Å². The number of sulfonamides is 1. The van der Waals surface area contributed by atoms with Crippen LogP contribution in [-0.2, 0) is 25.2 Å². The Morgan fingerprint density at radius 3 is 2.18 bits per heavy atom. The molecule has 0 bridgehead atoms. The van der Waals surface area contributed by atoms with Gasteiger partial charge in [-0.3, -0.25) is 14.5 Å². The first-order valence-corrected chi connectivity index (χ1v) is 12.2. The molecular weight excluding hydrogens is 460 g/mol. The van der Waals surface area contributed by atoms with Crippen LogP contribution in [0.1, 0.15) is 26.3 Å². The fourth-order valence-corrected chi connectivity index (χ4v) is 5.19. The van der Waals surface area contributed by atoms with E-state index >= 15 is 0 Å². The number of amides is 4. The highest BCUT2D eigenvalue weighted by atomic mass is 32.2. The summed E-state index contributed by atoms with van der Waals surface area (Å²) in [6.45, 7) is 5.28. The number of hydrogen-bond acceptors (Lipinski definition) is 6. The molecular formula is C23H28N4O6S. The molecule has 1 aliphatic rings. The number of nitrogens with zero attached hydrogens (tertiary/aromatic N) is 2. The molecule has 34 heavy (non-hydrogen) atoms. The van der Waals surface area contributed by atoms with Gasteiger partial charge in [0, 0.05) is 18.8 Å². The summed E-state index contributed by atoms with van der Waals surface area (Å²) in [5, 5.41) is 5.23. The van der Waals surface area contributed by atoms with E-state index in [1.54, 1.807) is 45.0 Å². The van der Waals surface area contributed by atoms with Gasteiger partial charge >= 0.3 is 6.03 Å². The van der Waals surface area contributed by atoms with Gasteiger partial charge in [0.1, 0.15) is 17.8 Å². The van der Waals surface area contributed by atoms with E-state index in [9.17, 15) is 22.8 Å². The monoisotopic (exact) mass is 488 g/mol. The van der Waals surface area contributed by atoms with Crippen molar-refractivity contribution >= 4 is 33.6 Å². The highest BCUT2D eigenvalue weighted by Crippen LogP contribution is 2.30. The number of rotatable bonds is 9. The highest BCUT2D eigenvalue weighted by molar-refractivity contribution is 7.89. The topological polar surface area (TPSA) is 125 Å². The van der Waals surface area contributed by atoms with Crippen LogP contribution in [0, 0.1) is 0 Å². The van der Waals surface area contributed by atoms with Crippen LogP contribution in [0.25, 0.3) is 0 Å². The van der Waals surface area contributed by atoms with E-state index in [0.29, 0.717) is 30.1 Å². The Kier molecular flexibility index (Phi) is 7.27. The quantitative estimate of drug-likeness (QED) is 0.521. The Bertz CT molecular complexity index is 1180. The standard InChI is InChI=1S/C23H28N4O6S/c1-5-26(6-2)34(31,32)19-13-9-17(10-14-19)24-20(28)15-27-21(29)23(3,25-22(27)30)16-7-11-18(33-4)12-8-16/h7-14H,5-6,15H2,1-4H3,(H,24,28)(H,25,30)/t23-/m0/s1. The van der Waals surface area contributed by atoms with E-state index in [4.69, 9.17) is 4.74 Å². The van der Waals surface area contributed by atoms with E-state index in [0.717, 1.165) is 4.90 Å². The summed E-state index contributed by atoms with van der Waals surface area (Å²) in [6, 6.07) is 11.7. The Balaban J connectivity index is 1.69. The van der Waals surface area contributed by atoms with Crippen LogP contribution < -0.4 is 15.4 Å². The molecule has 0 saturated carbocycles. The number of ether oxygens (including phenoxy) is 1. The lowest BCUT2D eigenvalue weighted by Gasteiger charge is -2.22. The minimum atomic E-state index is -3.62. The molecule has 0 spiro atoms. The van der Waals surface area contributed by atoms with Crippen LogP contribution in [0.5, 0.6) is 5.75 Å². The summed E-state index contributed by atoms with van der Waals surface area (Å²) < 4.78 is 31.6. The summed E-state index contributed by atoms with van der Waals surface area (Å²) in [7, 11) is -2.09. The maximum atomic E-state index is 13.0. The van der Waals surface area contributed by atoms with Crippen LogP contribution in [0.2, 0.25) is 0 Å². The first kappa shape index (κ1) is 25.2. The summed E-state index contributed by atoms with van der Waals surface area (Å²) in [6.07, 6.45) is 0. The number of anilines is 1. The molecule has 2 aromatic rings. The van der Waals surface area contributed by atoms with Crippen LogP contribution in [-0.4, -0.2) is 62.2 Å². The van der Waals surface area contributed by atoms with Crippen molar-refractivity contribution in [2.45, 2.75) is 31.2 Å². The maximum Gasteiger partial charge on any atom is 0.325 e. The minimum absolute atomic E-state index is 0.110. The number of carbonyl (C=O) groups excluding carboxylic acids is 3. The molecule has 2 aromatic carbocycles. The zero-order valence-corrected chi connectivity index (χ0v) is 20.3. The van der Waals surface area contributed by atoms with E-state index in [1.165, 1.54) is 35.7 Å². The van der Waals surface area contributed by atoms with Gasteiger partial charge in [-0.2, -0.15) is 4.31 Å². The SMILES string of the molecule is CCN(CC)S(=O)(=O)c1ccc(NC(=O)CN2C(=O)N[C@@](C)(c3ccc(OC)cc3)C2=O)cc1. The Morgan fingerprint density at radius 2 is 1.65 bits per heavy atom. The van der Waals surface area contributed by atoms with Crippen LogP contribution in [0.4, 0.5) is 10.5 Å². The van der Waals surface area contributed by atoms with E-state index < -0.39 is 40.0 Å². The number of hydrogen-bond donors (Lipinski definition) is 2. The largest absolute Gasteiger partial charge is 0.497 e. The molecule has 1 fully saturated rings. The predicted molar refractivity (Wildman–Crippen MR) is 126 cm³/mol. The Labute approximate surface area is 198 Å². The lowest BCUT2D eigenvalue weighted by atomic mass is 9.92. The third kappa shape index (κ3) is 4.75. The summed E-state index contributed by atoms with van der Waals surface area (Å²) in [5.41, 5.74) is -0.419. The van der Waals surface area contributed by atoms with E-state index in [2.05, 4.69) is 10.6 Å². The van der Waals surface area contributed by atoms with Gasteiger partial charge in [0.15, 0.2) is 0 Å². The van der Waals surface area contributed by atoms with Crippen molar-refractivity contribution < 1.29 is 27.5 Å². The molecule has 0 aliphatic carbocycles. The van der Waals surface area contributed by atoms with Crippen molar-refractivity contribution in [2.24, 2.45) is 0 Å². The molecule has 4 amide bonds. The molecule has 3 rings (SSSR count). The average Bonchev–Trinajstić information content (AvgIpc) is 3.04. The number of benzene rings is 2. The van der Waals surface area contributed by atoms with Crippen molar-refractivity contribution in [1.29, 1.82) is 0 Å².